The summed E-state index contributed by atoms with van der Waals surface area (Å²) in [6.45, 7) is 0. The summed E-state index contributed by atoms with van der Waals surface area (Å²) in [4.78, 5) is 5.19. The third-order valence-corrected chi connectivity index (χ3v) is 9.03. The van der Waals surface area contributed by atoms with Gasteiger partial charge in [-0.25, -0.2) is 4.98 Å². The van der Waals surface area contributed by atoms with Gasteiger partial charge in [-0.1, -0.05) is 115 Å². The average molecular weight is 589 g/mol. The van der Waals surface area contributed by atoms with Crippen LogP contribution in [0, 0.1) is 5.41 Å². The Balaban J connectivity index is 1.24. The summed E-state index contributed by atoms with van der Waals surface area (Å²) in [5, 5.41) is 17.6. The van der Waals surface area contributed by atoms with Crippen molar-refractivity contribution in [3.8, 4) is 16.9 Å². The van der Waals surface area contributed by atoms with Crippen molar-refractivity contribution in [3.05, 3.63) is 175 Å². The molecule has 216 valence electrons. The lowest BCUT2D eigenvalue weighted by atomic mass is 9.97. The minimum atomic E-state index is 0.508. The maximum absolute atomic E-state index is 8.26. The van der Waals surface area contributed by atoms with Gasteiger partial charge in [0.2, 0.25) is 0 Å². The van der Waals surface area contributed by atoms with E-state index in [0.717, 1.165) is 55.6 Å². The van der Waals surface area contributed by atoms with Gasteiger partial charge in [0.1, 0.15) is 0 Å². The maximum Gasteiger partial charge on any atom is 0.0788 e. The maximum atomic E-state index is 8.26. The predicted molar refractivity (Wildman–Crippen MR) is 192 cm³/mol. The molecule has 0 spiro atoms. The van der Waals surface area contributed by atoms with Crippen LogP contribution in [0.15, 0.2) is 169 Å². The van der Waals surface area contributed by atoms with E-state index in [1.807, 2.05) is 30.5 Å². The molecule has 2 aromatic heterocycles. The summed E-state index contributed by atoms with van der Waals surface area (Å²) in [7, 11) is 0. The number of rotatable bonds is 3. The molecule has 0 radical (unpaired) electrons. The number of hydrogen-bond donors (Lipinski definition) is 2. The topological polar surface area (TPSA) is 53.7 Å². The van der Waals surface area contributed by atoms with E-state index >= 15 is 0 Å². The molecule has 1 aliphatic heterocycles. The summed E-state index contributed by atoms with van der Waals surface area (Å²) in [6.07, 6.45) is 13.8. The van der Waals surface area contributed by atoms with Gasteiger partial charge in [0.05, 0.1) is 28.0 Å². The van der Waals surface area contributed by atoms with E-state index in [1.165, 1.54) is 27.2 Å². The smallest absolute Gasteiger partial charge is 0.0788 e. The van der Waals surface area contributed by atoms with Gasteiger partial charge >= 0.3 is 0 Å². The summed E-state index contributed by atoms with van der Waals surface area (Å²) in [5.74, 6) is 0. The molecule has 0 amide bonds. The lowest BCUT2D eigenvalue weighted by Gasteiger charge is -2.17. The Morgan fingerprint density at radius 2 is 1.33 bits per heavy atom. The van der Waals surface area contributed by atoms with Crippen molar-refractivity contribution in [2.24, 2.45) is 0 Å². The first-order chi connectivity index (χ1) is 22.7. The lowest BCUT2D eigenvalue weighted by molar-refractivity contribution is 1.09. The van der Waals surface area contributed by atoms with Crippen molar-refractivity contribution in [2.45, 2.75) is 0 Å². The second kappa shape index (κ2) is 10.4. The largest absolute Gasteiger partial charge is 0.361 e. The highest BCUT2D eigenvalue weighted by Crippen LogP contribution is 2.42. The van der Waals surface area contributed by atoms with Crippen molar-refractivity contribution in [1.82, 2.24) is 14.9 Å². The highest BCUT2D eigenvalue weighted by molar-refractivity contribution is 6.26. The van der Waals surface area contributed by atoms with Gasteiger partial charge < -0.3 is 15.3 Å². The molecule has 9 rings (SSSR count). The van der Waals surface area contributed by atoms with E-state index in [1.54, 1.807) is 0 Å². The lowest BCUT2D eigenvalue weighted by Crippen LogP contribution is -2.14. The van der Waals surface area contributed by atoms with Crippen LogP contribution in [-0.2, 0) is 0 Å². The van der Waals surface area contributed by atoms with Gasteiger partial charge in [0.15, 0.2) is 0 Å². The summed E-state index contributed by atoms with van der Waals surface area (Å²) in [5.41, 5.74) is 11.1. The molecular formula is C42H28N4. The molecule has 1 aliphatic carbocycles. The average Bonchev–Trinajstić information content (AvgIpc) is 3.46. The fraction of sp³-hybridized carbons (Fsp3) is 0. The monoisotopic (exact) mass is 588 g/mol. The Hall–Kier alpha value is -6.26. The minimum Gasteiger partial charge on any atom is -0.361 e. The van der Waals surface area contributed by atoms with E-state index < -0.39 is 0 Å². The molecule has 4 heteroatoms. The Bertz CT molecular complexity index is 2540. The van der Waals surface area contributed by atoms with E-state index in [0.29, 0.717) is 5.71 Å². The molecule has 0 saturated carbocycles. The molecule has 0 fully saturated rings. The van der Waals surface area contributed by atoms with Crippen molar-refractivity contribution in [1.29, 1.82) is 5.41 Å². The molecule has 0 saturated heterocycles. The Morgan fingerprint density at radius 1 is 0.587 bits per heavy atom. The van der Waals surface area contributed by atoms with E-state index in [4.69, 9.17) is 10.4 Å². The number of pyridine rings is 1. The Labute approximate surface area is 266 Å². The summed E-state index contributed by atoms with van der Waals surface area (Å²) >= 11 is 0. The van der Waals surface area contributed by atoms with Crippen molar-refractivity contribution in [2.75, 3.05) is 0 Å². The fourth-order valence-electron chi connectivity index (χ4n) is 6.87. The van der Waals surface area contributed by atoms with E-state index in [2.05, 4.69) is 137 Å². The van der Waals surface area contributed by atoms with Crippen LogP contribution in [0.3, 0.4) is 0 Å². The molecule has 0 bridgehead atoms. The van der Waals surface area contributed by atoms with Crippen molar-refractivity contribution < 1.29 is 0 Å². The van der Waals surface area contributed by atoms with Crippen LogP contribution in [0.25, 0.3) is 66.0 Å². The standard InChI is InChI=1S/C42H28N4/c43-36-15-7-4-13-33(36)37-25-20-29(26-44-37)27-18-21-30(22-19-27)46-39-17-9-6-12-31(39)32-23-24-35-40(42(32)46)34-14-5-8-16-38(34)45-41(35)28-10-2-1-3-11-28/h1-26,43-44H/b37-33-,43-36?. The molecular weight excluding hydrogens is 560 g/mol. The highest BCUT2D eigenvalue weighted by Gasteiger charge is 2.20. The molecule has 0 atom stereocenters. The zero-order chi connectivity index (χ0) is 30.6. The number of hydrogen-bond acceptors (Lipinski definition) is 3. The number of para-hydroxylation sites is 2. The van der Waals surface area contributed by atoms with Crippen LogP contribution in [0.4, 0.5) is 0 Å². The Kier molecular flexibility index (Phi) is 5.93. The minimum absolute atomic E-state index is 0.508. The van der Waals surface area contributed by atoms with Crippen LogP contribution in [0.2, 0.25) is 0 Å². The highest BCUT2D eigenvalue weighted by atomic mass is 15.0. The van der Waals surface area contributed by atoms with Crippen molar-refractivity contribution >= 4 is 54.8 Å². The van der Waals surface area contributed by atoms with Gasteiger partial charge in [-0.15, -0.1) is 0 Å². The first kappa shape index (κ1) is 26.2. The molecule has 7 aromatic rings. The third kappa shape index (κ3) is 4.08. The number of allylic oxidation sites excluding steroid dienone is 8. The van der Waals surface area contributed by atoms with Gasteiger partial charge in [0.25, 0.3) is 0 Å². The predicted octanol–water partition coefficient (Wildman–Crippen LogP) is 10.1. The molecule has 0 unspecified atom stereocenters. The van der Waals surface area contributed by atoms with Crippen LogP contribution < -0.4 is 5.32 Å². The summed E-state index contributed by atoms with van der Waals surface area (Å²) in [6, 6.07) is 41.0. The molecule has 3 heterocycles. The molecule has 2 N–H and O–H groups in total. The second-order valence-electron chi connectivity index (χ2n) is 11.7. The molecule has 46 heavy (non-hydrogen) atoms. The van der Waals surface area contributed by atoms with Gasteiger partial charge in [0, 0.05) is 55.7 Å². The van der Waals surface area contributed by atoms with Gasteiger partial charge in [-0.2, -0.15) is 0 Å². The van der Waals surface area contributed by atoms with Crippen LogP contribution in [-0.4, -0.2) is 15.3 Å². The fourth-order valence-corrected chi connectivity index (χ4v) is 6.87. The SMILES string of the molecule is N=C1C=CC=C/C1=C1\C=CC(c2ccc(-n3c4ccccc4c4ccc5c(-c6ccccc6)nc6ccccc6c5c43)cc2)=CN1. The molecule has 5 aromatic carbocycles. The summed E-state index contributed by atoms with van der Waals surface area (Å²) < 4.78 is 2.42. The third-order valence-electron chi connectivity index (χ3n) is 9.03. The first-order valence-electron chi connectivity index (χ1n) is 15.5. The number of benzene rings is 5. The van der Waals surface area contributed by atoms with E-state index in [9.17, 15) is 0 Å². The zero-order valence-corrected chi connectivity index (χ0v) is 24.9. The Morgan fingerprint density at radius 3 is 2.13 bits per heavy atom. The zero-order valence-electron chi connectivity index (χ0n) is 24.9. The van der Waals surface area contributed by atoms with Gasteiger partial charge in [-0.3, -0.25) is 0 Å². The first-order valence-corrected chi connectivity index (χ1v) is 15.5. The number of nitrogens with one attached hydrogen (secondary N) is 2. The van der Waals surface area contributed by atoms with Crippen LogP contribution in [0.5, 0.6) is 0 Å². The normalized spacial score (nSPS) is 16.1. The number of nitrogens with zero attached hydrogens (tertiary/aromatic N) is 2. The number of fused-ring (bicyclic) bond motifs is 7. The van der Waals surface area contributed by atoms with E-state index in [-0.39, 0.29) is 0 Å². The number of dihydropyridines is 1. The van der Waals surface area contributed by atoms with Crippen LogP contribution >= 0.6 is 0 Å². The molecule has 4 nitrogen and oxygen atoms in total. The second-order valence-corrected chi connectivity index (χ2v) is 11.7. The van der Waals surface area contributed by atoms with Crippen LogP contribution in [0.1, 0.15) is 5.56 Å². The molecule has 2 aliphatic rings. The number of aromatic nitrogens is 2. The quantitative estimate of drug-likeness (QED) is 0.202. The van der Waals surface area contributed by atoms with Gasteiger partial charge in [-0.05, 0) is 47.6 Å². The van der Waals surface area contributed by atoms with Crippen molar-refractivity contribution in [3.63, 3.8) is 0 Å².